The van der Waals surface area contributed by atoms with Crippen molar-refractivity contribution in [2.45, 2.75) is 37.6 Å². The summed E-state index contributed by atoms with van der Waals surface area (Å²) in [6.45, 7) is 4.73. The summed E-state index contributed by atoms with van der Waals surface area (Å²) in [6, 6.07) is 9.95. The van der Waals surface area contributed by atoms with E-state index in [1.54, 1.807) is 38.1 Å². The first-order valence-electron chi connectivity index (χ1n) is 8.32. The maximum absolute atomic E-state index is 13.3. The number of aliphatic hydroxyl groups excluding tert-OH is 1. The van der Waals surface area contributed by atoms with Gasteiger partial charge in [0, 0.05) is 5.69 Å². The normalized spacial score (nSPS) is 11.9. The molecule has 2 aromatic carbocycles. The Hall–Kier alpha value is -2.45. The summed E-state index contributed by atoms with van der Waals surface area (Å²) in [4.78, 5) is 11.9. The molecule has 2 rings (SSSR count). The number of carbonyl (C=O) groups is 1. The number of nitrogens with one attached hydrogen (secondary N) is 2. The molecule has 0 saturated heterocycles. The molecule has 0 fully saturated rings. The van der Waals surface area contributed by atoms with E-state index in [0.717, 1.165) is 6.07 Å². The molecule has 0 spiro atoms. The van der Waals surface area contributed by atoms with E-state index in [9.17, 15) is 22.7 Å². The molecule has 0 aliphatic heterocycles. The number of hydrogen-bond acceptors (Lipinski definition) is 4. The van der Waals surface area contributed by atoms with Gasteiger partial charge in [0.05, 0.1) is 23.5 Å². The lowest BCUT2D eigenvalue weighted by Crippen LogP contribution is -2.46. The first-order chi connectivity index (χ1) is 12.5. The summed E-state index contributed by atoms with van der Waals surface area (Å²) in [7, 11) is -3.84. The minimum Gasteiger partial charge on any atom is -0.394 e. The number of halogens is 1. The topological polar surface area (TPSA) is 95.5 Å². The van der Waals surface area contributed by atoms with Crippen molar-refractivity contribution in [3.05, 3.63) is 59.4 Å². The van der Waals surface area contributed by atoms with Gasteiger partial charge in [-0.3, -0.25) is 9.52 Å². The van der Waals surface area contributed by atoms with Crippen LogP contribution >= 0.6 is 0 Å². The molecule has 0 saturated carbocycles. The van der Waals surface area contributed by atoms with Gasteiger partial charge in [-0.25, -0.2) is 12.8 Å². The van der Waals surface area contributed by atoms with Gasteiger partial charge in [-0.15, -0.1) is 0 Å². The van der Waals surface area contributed by atoms with Gasteiger partial charge < -0.3 is 10.4 Å². The molecule has 146 valence electrons. The predicted octanol–water partition coefficient (Wildman–Crippen LogP) is 2.36. The summed E-state index contributed by atoms with van der Waals surface area (Å²) in [5, 5.41) is 11.9. The minimum atomic E-state index is -3.84. The lowest BCUT2D eigenvalue weighted by Gasteiger charge is -2.23. The molecule has 0 unspecified atom stereocenters. The van der Waals surface area contributed by atoms with E-state index in [4.69, 9.17) is 0 Å². The summed E-state index contributed by atoms with van der Waals surface area (Å²) >= 11 is 0. The van der Waals surface area contributed by atoms with Gasteiger partial charge in [0.25, 0.3) is 10.0 Å². The van der Waals surface area contributed by atoms with Crippen molar-refractivity contribution in [2.75, 3.05) is 11.3 Å². The first kappa shape index (κ1) is 20.9. The van der Waals surface area contributed by atoms with Crippen molar-refractivity contribution in [1.82, 2.24) is 5.32 Å². The van der Waals surface area contributed by atoms with Gasteiger partial charge in [0.15, 0.2) is 0 Å². The molecule has 0 radical (unpaired) electrons. The zero-order valence-electron chi connectivity index (χ0n) is 15.4. The predicted molar refractivity (Wildman–Crippen MR) is 101 cm³/mol. The summed E-state index contributed by atoms with van der Waals surface area (Å²) < 4.78 is 40.5. The van der Waals surface area contributed by atoms with Crippen LogP contribution in [0.25, 0.3) is 0 Å². The fraction of sp³-hybridized carbons (Fsp3) is 0.316. The van der Waals surface area contributed by atoms with E-state index in [0.29, 0.717) is 11.3 Å². The quantitative estimate of drug-likeness (QED) is 0.672. The Morgan fingerprint density at radius 1 is 1.15 bits per heavy atom. The number of sulfonamides is 1. The highest BCUT2D eigenvalue weighted by Gasteiger charge is 2.19. The van der Waals surface area contributed by atoms with Crippen molar-refractivity contribution in [3.8, 4) is 0 Å². The van der Waals surface area contributed by atoms with Crippen molar-refractivity contribution in [1.29, 1.82) is 0 Å². The maximum atomic E-state index is 13.3. The third-order valence-electron chi connectivity index (χ3n) is 3.88. The number of anilines is 1. The number of carbonyl (C=O) groups excluding carboxylic acids is 1. The maximum Gasteiger partial charge on any atom is 0.261 e. The lowest BCUT2D eigenvalue weighted by atomic mass is 10.1. The van der Waals surface area contributed by atoms with Gasteiger partial charge >= 0.3 is 0 Å². The second-order valence-corrected chi connectivity index (χ2v) is 8.66. The fourth-order valence-corrected chi connectivity index (χ4v) is 3.48. The van der Waals surface area contributed by atoms with E-state index >= 15 is 0 Å². The molecular formula is C19H23FN2O4S. The Labute approximate surface area is 158 Å². The molecular weight excluding hydrogens is 371 g/mol. The van der Waals surface area contributed by atoms with Crippen LogP contribution in [0.3, 0.4) is 0 Å². The molecule has 0 bridgehead atoms. The molecule has 0 aliphatic rings. The average molecular weight is 394 g/mol. The van der Waals surface area contributed by atoms with E-state index < -0.39 is 21.4 Å². The highest BCUT2D eigenvalue weighted by atomic mass is 32.2. The second kappa shape index (κ2) is 8.06. The van der Waals surface area contributed by atoms with Crippen LogP contribution in [0.5, 0.6) is 0 Å². The number of aliphatic hydroxyl groups is 1. The van der Waals surface area contributed by atoms with Crippen molar-refractivity contribution in [3.63, 3.8) is 0 Å². The molecule has 0 heterocycles. The largest absolute Gasteiger partial charge is 0.394 e. The third-order valence-corrected chi connectivity index (χ3v) is 5.26. The van der Waals surface area contributed by atoms with Crippen LogP contribution in [-0.2, 0) is 21.2 Å². The molecule has 0 aromatic heterocycles. The van der Waals surface area contributed by atoms with Gasteiger partial charge in [-0.1, -0.05) is 12.1 Å². The number of amides is 1. The van der Waals surface area contributed by atoms with Gasteiger partial charge in [0.1, 0.15) is 5.82 Å². The van der Waals surface area contributed by atoms with Crippen LogP contribution < -0.4 is 10.0 Å². The number of aryl methyl sites for hydroxylation is 1. The van der Waals surface area contributed by atoms with E-state index in [-0.39, 0.29) is 29.4 Å². The SMILES string of the molecule is Cc1cc(S(=O)(=O)Nc2ccc(CC(=O)NC(C)(C)CO)cc2)ccc1F. The molecule has 0 atom stereocenters. The van der Waals surface area contributed by atoms with Crippen LogP contribution in [0, 0.1) is 12.7 Å². The Morgan fingerprint density at radius 3 is 2.33 bits per heavy atom. The minimum absolute atomic E-state index is 0.0314. The Balaban J connectivity index is 2.06. The van der Waals surface area contributed by atoms with Crippen molar-refractivity contribution in [2.24, 2.45) is 0 Å². The molecule has 1 amide bonds. The Morgan fingerprint density at radius 2 is 1.78 bits per heavy atom. The lowest BCUT2D eigenvalue weighted by molar-refractivity contribution is -0.122. The standard InChI is InChI=1S/C19H23FN2O4S/c1-13-10-16(8-9-17(13)20)27(25,26)22-15-6-4-14(5-7-15)11-18(24)21-19(2,3)12-23/h4-10,22-23H,11-12H2,1-3H3,(H,21,24). The third kappa shape index (κ3) is 5.77. The summed E-state index contributed by atoms with van der Waals surface area (Å²) in [5.41, 5.74) is 0.559. The van der Waals surface area contributed by atoms with Gasteiger partial charge in [0.2, 0.25) is 5.91 Å². The fourth-order valence-electron chi connectivity index (χ4n) is 2.34. The zero-order chi connectivity index (χ0) is 20.2. The van der Waals surface area contributed by atoms with E-state index in [2.05, 4.69) is 10.0 Å². The smallest absolute Gasteiger partial charge is 0.261 e. The second-order valence-electron chi connectivity index (χ2n) is 6.98. The number of benzene rings is 2. The molecule has 0 aliphatic carbocycles. The summed E-state index contributed by atoms with van der Waals surface area (Å²) in [5.74, 6) is -0.717. The monoisotopic (exact) mass is 394 g/mol. The van der Waals surface area contributed by atoms with Crippen molar-refractivity contribution < 1.29 is 22.7 Å². The number of hydrogen-bond donors (Lipinski definition) is 3. The highest BCUT2D eigenvalue weighted by Crippen LogP contribution is 2.19. The van der Waals surface area contributed by atoms with Crippen molar-refractivity contribution >= 4 is 21.6 Å². The average Bonchev–Trinajstić information content (AvgIpc) is 2.58. The van der Waals surface area contributed by atoms with Crippen LogP contribution in [0.4, 0.5) is 10.1 Å². The van der Waals surface area contributed by atoms with E-state index in [1.807, 2.05) is 0 Å². The summed E-state index contributed by atoms with van der Waals surface area (Å²) in [6.07, 6.45) is 0.105. The van der Waals surface area contributed by atoms with Gasteiger partial charge in [-0.05, 0) is 62.2 Å². The molecule has 27 heavy (non-hydrogen) atoms. The molecule has 6 nitrogen and oxygen atoms in total. The van der Waals surface area contributed by atoms with Crippen LogP contribution in [0.2, 0.25) is 0 Å². The highest BCUT2D eigenvalue weighted by molar-refractivity contribution is 7.92. The van der Waals surface area contributed by atoms with Crippen LogP contribution in [-0.4, -0.2) is 31.6 Å². The molecule has 8 heteroatoms. The number of rotatable bonds is 7. The van der Waals surface area contributed by atoms with E-state index in [1.165, 1.54) is 19.1 Å². The molecule has 3 N–H and O–H groups in total. The molecule has 2 aromatic rings. The Bertz CT molecular complexity index is 925. The van der Waals surface area contributed by atoms with Crippen LogP contribution in [0.1, 0.15) is 25.0 Å². The Kier molecular flexibility index (Phi) is 6.22. The van der Waals surface area contributed by atoms with Crippen LogP contribution in [0.15, 0.2) is 47.4 Å². The van der Waals surface area contributed by atoms with Gasteiger partial charge in [-0.2, -0.15) is 0 Å². The zero-order valence-corrected chi connectivity index (χ0v) is 16.2. The first-order valence-corrected chi connectivity index (χ1v) is 9.80.